The summed E-state index contributed by atoms with van der Waals surface area (Å²) >= 11 is 0. The lowest BCUT2D eigenvalue weighted by Crippen LogP contribution is -2.23. The standard InChI is InChI=1S/C22H20N2O/c25-22(15-18-11-5-9-16-7-1-3-12-19(16)18)24-23-21-14-6-10-17-8-2-4-13-20(17)21/h1-5,7-9,11-13H,6,10,14-15H2,(H,24,25)/b23-21-. The molecular weight excluding hydrogens is 308 g/mol. The molecule has 1 aliphatic rings. The molecule has 0 spiro atoms. The average Bonchev–Trinajstić information content (AvgIpc) is 2.66. The van der Waals surface area contributed by atoms with Crippen LogP contribution in [0.4, 0.5) is 0 Å². The Hall–Kier alpha value is -2.94. The summed E-state index contributed by atoms with van der Waals surface area (Å²) in [7, 11) is 0. The van der Waals surface area contributed by atoms with Crippen molar-refractivity contribution >= 4 is 22.4 Å². The van der Waals surface area contributed by atoms with Gasteiger partial charge in [-0.25, -0.2) is 5.43 Å². The first-order chi connectivity index (χ1) is 12.3. The van der Waals surface area contributed by atoms with Crippen molar-refractivity contribution in [3.63, 3.8) is 0 Å². The summed E-state index contributed by atoms with van der Waals surface area (Å²) < 4.78 is 0. The number of rotatable bonds is 3. The molecule has 1 amide bonds. The third kappa shape index (κ3) is 3.31. The van der Waals surface area contributed by atoms with Crippen molar-refractivity contribution in [2.45, 2.75) is 25.7 Å². The van der Waals surface area contributed by atoms with Crippen LogP contribution in [0.5, 0.6) is 0 Å². The highest BCUT2D eigenvalue weighted by atomic mass is 16.2. The van der Waals surface area contributed by atoms with Gasteiger partial charge >= 0.3 is 0 Å². The van der Waals surface area contributed by atoms with E-state index in [1.165, 1.54) is 11.1 Å². The van der Waals surface area contributed by atoms with Crippen LogP contribution in [0.3, 0.4) is 0 Å². The number of fused-ring (bicyclic) bond motifs is 2. The van der Waals surface area contributed by atoms with Crippen LogP contribution in [-0.4, -0.2) is 11.6 Å². The summed E-state index contributed by atoms with van der Waals surface area (Å²) in [5.41, 5.74) is 7.24. The highest BCUT2D eigenvalue weighted by Gasteiger charge is 2.15. The van der Waals surface area contributed by atoms with Crippen molar-refractivity contribution in [3.8, 4) is 0 Å². The zero-order valence-electron chi connectivity index (χ0n) is 14.0. The SMILES string of the molecule is O=C(Cc1cccc2ccccc12)N/N=C1/CCCc2ccccc21. The number of aryl methyl sites for hydroxylation is 1. The number of benzene rings is 3. The minimum Gasteiger partial charge on any atom is -0.273 e. The van der Waals surface area contributed by atoms with Crippen LogP contribution in [0.25, 0.3) is 10.8 Å². The Morgan fingerprint density at radius 1 is 0.920 bits per heavy atom. The van der Waals surface area contributed by atoms with Gasteiger partial charge in [-0.1, -0.05) is 66.7 Å². The van der Waals surface area contributed by atoms with Gasteiger partial charge in [0.15, 0.2) is 0 Å². The van der Waals surface area contributed by atoms with E-state index < -0.39 is 0 Å². The normalized spacial score (nSPS) is 15.1. The third-order valence-electron chi connectivity index (χ3n) is 4.73. The smallest absolute Gasteiger partial charge is 0.244 e. The van der Waals surface area contributed by atoms with Crippen LogP contribution in [-0.2, 0) is 17.6 Å². The minimum absolute atomic E-state index is 0.0769. The second kappa shape index (κ2) is 6.89. The van der Waals surface area contributed by atoms with Gasteiger partial charge in [0.1, 0.15) is 0 Å². The molecule has 3 aromatic carbocycles. The van der Waals surface area contributed by atoms with Crippen LogP contribution in [0.15, 0.2) is 71.8 Å². The Morgan fingerprint density at radius 2 is 1.72 bits per heavy atom. The van der Waals surface area contributed by atoms with E-state index in [1.807, 2.05) is 30.3 Å². The van der Waals surface area contributed by atoms with E-state index in [2.05, 4.69) is 46.9 Å². The fourth-order valence-electron chi connectivity index (χ4n) is 3.51. The van der Waals surface area contributed by atoms with Gasteiger partial charge in [-0.15, -0.1) is 0 Å². The maximum Gasteiger partial charge on any atom is 0.244 e. The number of nitrogens with zero attached hydrogens (tertiary/aromatic N) is 1. The quantitative estimate of drug-likeness (QED) is 0.718. The fraction of sp³-hybridized carbons (Fsp3) is 0.182. The molecule has 25 heavy (non-hydrogen) atoms. The lowest BCUT2D eigenvalue weighted by atomic mass is 9.90. The Labute approximate surface area is 147 Å². The molecule has 0 bridgehead atoms. The van der Waals surface area contributed by atoms with Crippen molar-refractivity contribution in [1.29, 1.82) is 0 Å². The minimum atomic E-state index is -0.0769. The summed E-state index contributed by atoms with van der Waals surface area (Å²) in [4.78, 5) is 12.4. The van der Waals surface area contributed by atoms with Crippen molar-refractivity contribution in [1.82, 2.24) is 5.43 Å². The van der Waals surface area contributed by atoms with Gasteiger partial charge in [-0.2, -0.15) is 5.10 Å². The van der Waals surface area contributed by atoms with E-state index in [0.717, 1.165) is 41.3 Å². The monoisotopic (exact) mass is 328 g/mol. The first kappa shape index (κ1) is 15.6. The number of nitrogens with one attached hydrogen (secondary N) is 1. The van der Waals surface area contributed by atoms with Gasteiger partial charge < -0.3 is 0 Å². The van der Waals surface area contributed by atoms with Crippen LogP contribution < -0.4 is 5.43 Å². The van der Waals surface area contributed by atoms with Crippen molar-refractivity contribution in [2.75, 3.05) is 0 Å². The lowest BCUT2D eigenvalue weighted by molar-refractivity contribution is -0.120. The maximum absolute atomic E-state index is 12.4. The Balaban J connectivity index is 1.52. The zero-order chi connectivity index (χ0) is 17.1. The molecule has 0 heterocycles. The largest absolute Gasteiger partial charge is 0.273 e. The Kier molecular flexibility index (Phi) is 4.30. The predicted molar refractivity (Wildman–Crippen MR) is 102 cm³/mol. The van der Waals surface area contributed by atoms with Crippen LogP contribution in [0.1, 0.15) is 29.5 Å². The molecule has 0 radical (unpaired) electrons. The molecule has 124 valence electrons. The highest BCUT2D eigenvalue weighted by molar-refractivity contribution is 6.03. The summed E-state index contributed by atoms with van der Waals surface area (Å²) in [5, 5.41) is 6.69. The molecule has 0 aromatic heterocycles. The van der Waals surface area contributed by atoms with Gasteiger partial charge in [0.2, 0.25) is 5.91 Å². The van der Waals surface area contributed by atoms with E-state index in [-0.39, 0.29) is 5.91 Å². The average molecular weight is 328 g/mol. The molecule has 1 aliphatic carbocycles. The van der Waals surface area contributed by atoms with Gasteiger partial charge in [-0.3, -0.25) is 4.79 Å². The van der Waals surface area contributed by atoms with E-state index >= 15 is 0 Å². The van der Waals surface area contributed by atoms with E-state index in [1.54, 1.807) is 0 Å². The molecule has 0 aliphatic heterocycles. The fourth-order valence-corrected chi connectivity index (χ4v) is 3.51. The molecule has 3 aromatic rings. The van der Waals surface area contributed by atoms with Crippen molar-refractivity contribution in [2.24, 2.45) is 5.10 Å². The topological polar surface area (TPSA) is 41.5 Å². The molecule has 3 nitrogen and oxygen atoms in total. The lowest BCUT2D eigenvalue weighted by Gasteiger charge is -2.17. The van der Waals surface area contributed by atoms with Crippen LogP contribution in [0, 0.1) is 0 Å². The second-order valence-corrected chi connectivity index (χ2v) is 6.42. The number of hydrogen-bond donors (Lipinski definition) is 1. The molecule has 4 rings (SSSR count). The van der Waals surface area contributed by atoms with Gasteiger partial charge in [0.25, 0.3) is 0 Å². The summed E-state index contributed by atoms with van der Waals surface area (Å²) in [6.45, 7) is 0. The first-order valence-corrected chi connectivity index (χ1v) is 8.71. The highest BCUT2D eigenvalue weighted by Crippen LogP contribution is 2.21. The molecular formula is C22H20N2O. The number of amides is 1. The van der Waals surface area contributed by atoms with Gasteiger partial charge in [-0.05, 0) is 41.2 Å². The molecule has 1 N–H and O–H groups in total. The maximum atomic E-state index is 12.4. The summed E-state index contributed by atoms with van der Waals surface area (Å²) in [5.74, 6) is -0.0769. The van der Waals surface area contributed by atoms with Crippen molar-refractivity contribution in [3.05, 3.63) is 83.4 Å². The molecule has 0 saturated heterocycles. The van der Waals surface area contributed by atoms with Gasteiger partial charge in [0, 0.05) is 5.56 Å². The molecule has 0 unspecified atom stereocenters. The zero-order valence-corrected chi connectivity index (χ0v) is 14.0. The van der Waals surface area contributed by atoms with E-state index in [9.17, 15) is 4.79 Å². The predicted octanol–water partition coefficient (Wildman–Crippen LogP) is 4.24. The molecule has 3 heteroatoms. The van der Waals surface area contributed by atoms with Crippen LogP contribution >= 0.6 is 0 Å². The Bertz CT molecular complexity index is 954. The number of carbonyl (C=O) groups is 1. The molecule has 0 atom stereocenters. The van der Waals surface area contributed by atoms with Crippen molar-refractivity contribution < 1.29 is 4.79 Å². The number of carbonyl (C=O) groups excluding carboxylic acids is 1. The van der Waals surface area contributed by atoms with Gasteiger partial charge in [0.05, 0.1) is 12.1 Å². The molecule has 0 fully saturated rings. The summed E-state index contributed by atoms with van der Waals surface area (Å²) in [6.07, 6.45) is 3.40. The molecule has 0 saturated carbocycles. The number of hydrogen-bond acceptors (Lipinski definition) is 2. The first-order valence-electron chi connectivity index (χ1n) is 8.71. The third-order valence-corrected chi connectivity index (χ3v) is 4.73. The number of hydrazone groups is 1. The summed E-state index contributed by atoms with van der Waals surface area (Å²) in [6, 6.07) is 22.5. The van der Waals surface area contributed by atoms with Crippen LogP contribution in [0.2, 0.25) is 0 Å². The Morgan fingerprint density at radius 3 is 2.68 bits per heavy atom. The van der Waals surface area contributed by atoms with E-state index in [4.69, 9.17) is 0 Å². The second-order valence-electron chi connectivity index (χ2n) is 6.42. The van der Waals surface area contributed by atoms with E-state index in [0.29, 0.717) is 6.42 Å².